The Kier molecular flexibility index (Phi) is 8.17. The molecular formula is C24H23F7N2O2. The van der Waals surface area contributed by atoms with Crippen molar-refractivity contribution in [1.82, 2.24) is 5.32 Å². The van der Waals surface area contributed by atoms with E-state index in [4.69, 9.17) is 0 Å². The Hall–Kier alpha value is -2.98. The minimum absolute atomic E-state index is 0.00565. The third kappa shape index (κ3) is 7.02. The van der Waals surface area contributed by atoms with Gasteiger partial charge in [0.1, 0.15) is 12.4 Å². The van der Waals surface area contributed by atoms with Gasteiger partial charge in [-0.3, -0.25) is 4.79 Å². The van der Waals surface area contributed by atoms with Crippen LogP contribution in [0.15, 0.2) is 47.6 Å². The maximum Gasteiger partial charge on any atom is 0.416 e. The van der Waals surface area contributed by atoms with Crippen molar-refractivity contribution < 1.29 is 35.5 Å². The smallest absolute Gasteiger partial charge is 0.353 e. The Labute approximate surface area is 196 Å². The summed E-state index contributed by atoms with van der Waals surface area (Å²) in [6.07, 6.45) is -4.65. The summed E-state index contributed by atoms with van der Waals surface area (Å²) in [7, 11) is 0. The number of nitroso groups, excluding NO2 is 1. The lowest BCUT2D eigenvalue weighted by molar-refractivity contribution is -0.143. The second-order valence-electron chi connectivity index (χ2n) is 8.67. The zero-order chi connectivity index (χ0) is 25.8. The van der Waals surface area contributed by atoms with Crippen LogP contribution in [0.3, 0.4) is 0 Å². The number of hydrogen-bond donors (Lipinski definition) is 1. The molecule has 190 valence electrons. The number of hydrogen-bond acceptors (Lipinski definition) is 3. The highest BCUT2D eigenvalue weighted by Gasteiger charge is 2.38. The van der Waals surface area contributed by atoms with Crippen LogP contribution >= 0.6 is 0 Å². The van der Waals surface area contributed by atoms with E-state index in [1.54, 1.807) is 0 Å². The molecule has 3 atom stereocenters. The number of benzene rings is 2. The topological polar surface area (TPSA) is 58.5 Å². The zero-order valence-electron chi connectivity index (χ0n) is 18.4. The first-order valence-electron chi connectivity index (χ1n) is 11.0. The van der Waals surface area contributed by atoms with E-state index in [0.29, 0.717) is 36.4 Å². The first-order chi connectivity index (χ1) is 16.4. The lowest BCUT2D eigenvalue weighted by Gasteiger charge is -2.25. The van der Waals surface area contributed by atoms with Gasteiger partial charge in [0.25, 0.3) is 0 Å². The molecule has 2 aliphatic rings. The molecule has 2 unspecified atom stereocenters. The minimum atomic E-state index is -4.90. The van der Waals surface area contributed by atoms with Crippen molar-refractivity contribution >= 4 is 5.91 Å². The molecule has 1 saturated carbocycles. The lowest BCUT2D eigenvalue weighted by atomic mass is 9.83. The number of carbonyl (C=O) groups excluding carboxylic acids is 1. The standard InChI is InChI=1S/C15H18FNO.C9H5F6NO/c16-11-6-4-10(5-7-11)12-2-1-3-13(12)14-8-9-15(18)17-14;10-8(11,12)6-1-5(4-16-17)2-7(3-6)9(13,14)15/h4-7,12-14H,1-3,8-9H2,(H,17,18);1-3H,4H2/t12?,13?,14-;/m1./s1. The fraction of sp³-hybridized carbons (Fsp3) is 0.458. The summed E-state index contributed by atoms with van der Waals surface area (Å²) in [6.45, 7) is -0.743. The van der Waals surface area contributed by atoms with Gasteiger partial charge in [-0.2, -0.15) is 31.2 Å². The summed E-state index contributed by atoms with van der Waals surface area (Å²) in [6, 6.07) is 8.14. The van der Waals surface area contributed by atoms with E-state index < -0.39 is 35.6 Å². The van der Waals surface area contributed by atoms with E-state index in [-0.39, 0.29) is 17.8 Å². The number of nitrogens with zero attached hydrogens (tertiary/aromatic N) is 1. The second-order valence-corrected chi connectivity index (χ2v) is 8.67. The number of alkyl halides is 6. The number of carbonyl (C=O) groups is 1. The molecule has 1 N–H and O–H groups in total. The van der Waals surface area contributed by atoms with E-state index in [1.807, 2.05) is 12.1 Å². The molecule has 2 fully saturated rings. The van der Waals surface area contributed by atoms with Gasteiger partial charge in [0.15, 0.2) is 0 Å². The molecule has 2 aromatic carbocycles. The van der Waals surface area contributed by atoms with Gasteiger partial charge in [-0.05, 0) is 72.6 Å². The van der Waals surface area contributed by atoms with E-state index >= 15 is 0 Å². The molecule has 1 heterocycles. The largest absolute Gasteiger partial charge is 0.416 e. The van der Waals surface area contributed by atoms with Crippen LogP contribution in [0.5, 0.6) is 0 Å². The van der Waals surface area contributed by atoms with Crippen molar-refractivity contribution in [3.63, 3.8) is 0 Å². The predicted molar refractivity (Wildman–Crippen MR) is 114 cm³/mol. The lowest BCUT2D eigenvalue weighted by Crippen LogP contribution is -2.34. The molecule has 1 aliphatic carbocycles. The Morgan fingerprint density at radius 2 is 1.49 bits per heavy atom. The van der Waals surface area contributed by atoms with Crippen molar-refractivity contribution in [3.8, 4) is 0 Å². The van der Waals surface area contributed by atoms with Crippen molar-refractivity contribution in [2.75, 3.05) is 0 Å². The predicted octanol–water partition coefficient (Wildman–Crippen LogP) is 6.98. The first-order valence-corrected chi connectivity index (χ1v) is 11.0. The van der Waals surface area contributed by atoms with Gasteiger partial charge in [0.2, 0.25) is 5.91 Å². The van der Waals surface area contributed by atoms with Crippen LogP contribution in [0.1, 0.15) is 60.3 Å². The highest BCUT2D eigenvalue weighted by atomic mass is 19.4. The third-order valence-corrected chi connectivity index (χ3v) is 6.31. The maximum atomic E-state index is 13.0. The van der Waals surface area contributed by atoms with Crippen LogP contribution < -0.4 is 5.32 Å². The Balaban J connectivity index is 0.000000196. The Bertz CT molecular complexity index is 1000. The van der Waals surface area contributed by atoms with Crippen molar-refractivity contribution in [2.45, 2.75) is 63.0 Å². The van der Waals surface area contributed by atoms with Gasteiger partial charge in [0, 0.05) is 12.5 Å². The summed E-state index contributed by atoms with van der Waals surface area (Å²) >= 11 is 0. The monoisotopic (exact) mass is 504 g/mol. The van der Waals surface area contributed by atoms with Crippen LogP contribution in [0.2, 0.25) is 0 Å². The third-order valence-electron chi connectivity index (χ3n) is 6.31. The fourth-order valence-electron chi connectivity index (χ4n) is 4.74. The molecule has 2 aromatic rings. The Morgan fingerprint density at radius 3 is 1.97 bits per heavy atom. The molecule has 1 saturated heterocycles. The SMILES string of the molecule is O=C1CC[C@H](C2CCCC2c2ccc(F)cc2)N1.O=NCc1cc(C(F)(F)F)cc(C(F)(F)F)c1. The van der Waals surface area contributed by atoms with Gasteiger partial charge >= 0.3 is 12.4 Å². The van der Waals surface area contributed by atoms with Crippen LogP contribution in [-0.4, -0.2) is 11.9 Å². The quantitative estimate of drug-likeness (QED) is 0.361. The van der Waals surface area contributed by atoms with Crippen molar-refractivity contribution in [3.05, 3.63) is 75.4 Å². The number of halogens is 7. The molecule has 1 amide bonds. The Morgan fingerprint density at radius 1 is 0.886 bits per heavy atom. The average molecular weight is 504 g/mol. The van der Waals surface area contributed by atoms with Crippen molar-refractivity contribution in [2.24, 2.45) is 11.1 Å². The van der Waals surface area contributed by atoms with Crippen LogP contribution in [-0.2, 0) is 23.7 Å². The van der Waals surface area contributed by atoms with E-state index in [1.165, 1.54) is 30.5 Å². The molecule has 4 nitrogen and oxygen atoms in total. The number of rotatable bonds is 4. The molecule has 1 aliphatic heterocycles. The maximum absolute atomic E-state index is 13.0. The highest BCUT2D eigenvalue weighted by Crippen LogP contribution is 2.43. The summed E-state index contributed by atoms with van der Waals surface area (Å²) in [5, 5.41) is 5.36. The fourth-order valence-corrected chi connectivity index (χ4v) is 4.74. The molecule has 11 heteroatoms. The molecule has 0 aromatic heterocycles. The molecular weight excluding hydrogens is 481 g/mol. The zero-order valence-corrected chi connectivity index (χ0v) is 18.4. The van der Waals surface area contributed by atoms with E-state index in [2.05, 4.69) is 10.5 Å². The second kappa shape index (κ2) is 10.7. The first kappa shape index (κ1) is 26.6. The summed E-state index contributed by atoms with van der Waals surface area (Å²) in [4.78, 5) is 21.2. The molecule has 4 rings (SSSR count). The molecule has 0 radical (unpaired) electrons. The van der Waals surface area contributed by atoms with Crippen LogP contribution in [0.25, 0.3) is 0 Å². The number of amides is 1. The molecule has 0 spiro atoms. The summed E-state index contributed by atoms with van der Waals surface area (Å²) < 4.78 is 86.8. The van der Waals surface area contributed by atoms with Crippen LogP contribution in [0.4, 0.5) is 30.7 Å². The van der Waals surface area contributed by atoms with Gasteiger partial charge in [-0.1, -0.05) is 23.7 Å². The van der Waals surface area contributed by atoms with E-state index in [0.717, 1.165) is 12.8 Å². The van der Waals surface area contributed by atoms with Gasteiger partial charge in [0.05, 0.1) is 11.1 Å². The number of nitrogens with one attached hydrogen (secondary N) is 1. The average Bonchev–Trinajstić information content (AvgIpc) is 3.42. The molecule has 35 heavy (non-hydrogen) atoms. The minimum Gasteiger partial charge on any atom is -0.353 e. The van der Waals surface area contributed by atoms with Crippen molar-refractivity contribution in [1.29, 1.82) is 0 Å². The van der Waals surface area contributed by atoms with Gasteiger partial charge in [-0.25, -0.2) is 4.39 Å². The van der Waals surface area contributed by atoms with Crippen LogP contribution in [0, 0.1) is 16.6 Å². The van der Waals surface area contributed by atoms with Gasteiger partial charge in [-0.15, -0.1) is 0 Å². The van der Waals surface area contributed by atoms with Gasteiger partial charge < -0.3 is 5.32 Å². The normalized spacial score (nSPS) is 22.4. The molecule has 0 bridgehead atoms. The summed E-state index contributed by atoms with van der Waals surface area (Å²) in [5.74, 6) is 1.02. The summed E-state index contributed by atoms with van der Waals surface area (Å²) in [5.41, 5.74) is -2.11. The van der Waals surface area contributed by atoms with E-state index in [9.17, 15) is 40.4 Å². The highest BCUT2D eigenvalue weighted by molar-refractivity contribution is 5.78.